The van der Waals surface area contributed by atoms with Crippen molar-refractivity contribution in [3.05, 3.63) is 52.3 Å². The zero-order valence-electron chi connectivity index (χ0n) is 15.9. The van der Waals surface area contributed by atoms with Gasteiger partial charge in [0.2, 0.25) is 11.2 Å². The molecule has 0 aliphatic carbocycles. The molecule has 8 nitrogen and oxygen atoms in total. The lowest BCUT2D eigenvalue weighted by molar-refractivity contribution is 0.102. The van der Waals surface area contributed by atoms with Crippen molar-refractivity contribution in [3.8, 4) is 23.0 Å². The van der Waals surface area contributed by atoms with Gasteiger partial charge in [-0.25, -0.2) is 0 Å². The number of amides is 1. The maximum absolute atomic E-state index is 12.8. The van der Waals surface area contributed by atoms with Crippen molar-refractivity contribution < 1.29 is 23.7 Å². The fraction of sp³-hybridized carbons (Fsp3) is 0.200. The molecule has 3 aromatic rings. The zero-order chi connectivity index (χ0) is 20.3. The van der Waals surface area contributed by atoms with Crippen molar-refractivity contribution in [1.82, 2.24) is 4.98 Å². The summed E-state index contributed by atoms with van der Waals surface area (Å²) in [6.07, 6.45) is 1.36. The van der Waals surface area contributed by atoms with Crippen LogP contribution in [0.15, 0.2) is 41.3 Å². The maximum atomic E-state index is 12.8. The van der Waals surface area contributed by atoms with Crippen LogP contribution in [0.2, 0.25) is 0 Å². The SMILES string of the molecule is COc1cc(NC(=O)c2c[nH]c3c(OC)cccc3c2=O)cc(OC)c1OC. The number of carbonyl (C=O) groups is 1. The Kier molecular flexibility index (Phi) is 5.39. The van der Waals surface area contributed by atoms with E-state index in [4.69, 9.17) is 18.9 Å². The van der Waals surface area contributed by atoms with E-state index in [2.05, 4.69) is 10.3 Å². The summed E-state index contributed by atoms with van der Waals surface area (Å²) < 4.78 is 21.1. The first-order valence-corrected chi connectivity index (χ1v) is 8.33. The van der Waals surface area contributed by atoms with E-state index in [0.29, 0.717) is 39.6 Å². The fourth-order valence-corrected chi connectivity index (χ4v) is 2.91. The second-order valence-corrected chi connectivity index (χ2v) is 5.78. The van der Waals surface area contributed by atoms with Gasteiger partial charge in [-0.2, -0.15) is 0 Å². The molecule has 0 radical (unpaired) electrons. The summed E-state index contributed by atoms with van der Waals surface area (Å²) in [6.45, 7) is 0. The van der Waals surface area contributed by atoms with Crippen LogP contribution in [0.4, 0.5) is 5.69 Å². The molecule has 0 aliphatic heterocycles. The third-order valence-corrected chi connectivity index (χ3v) is 4.26. The van der Waals surface area contributed by atoms with E-state index in [-0.39, 0.29) is 5.56 Å². The van der Waals surface area contributed by atoms with Crippen LogP contribution in [-0.2, 0) is 0 Å². The Balaban J connectivity index is 2.00. The quantitative estimate of drug-likeness (QED) is 0.678. The first-order chi connectivity index (χ1) is 13.5. The van der Waals surface area contributed by atoms with Crippen LogP contribution in [-0.4, -0.2) is 39.3 Å². The number of H-pyrrole nitrogens is 1. The summed E-state index contributed by atoms with van der Waals surface area (Å²) in [5.74, 6) is 1.12. The number of methoxy groups -OCH3 is 4. The van der Waals surface area contributed by atoms with Gasteiger partial charge in [0.1, 0.15) is 11.3 Å². The van der Waals surface area contributed by atoms with E-state index in [0.717, 1.165) is 0 Å². The zero-order valence-corrected chi connectivity index (χ0v) is 15.9. The molecule has 1 amide bonds. The van der Waals surface area contributed by atoms with Crippen LogP contribution in [0.3, 0.4) is 0 Å². The molecule has 146 valence electrons. The second kappa shape index (κ2) is 7.91. The molecule has 0 atom stereocenters. The number of nitrogens with one attached hydrogen (secondary N) is 2. The van der Waals surface area contributed by atoms with Crippen LogP contribution in [0.1, 0.15) is 10.4 Å². The van der Waals surface area contributed by atoms with Gasteiger partial charge in [-0.15, -0.1) is 0 Å². The number of benzene rings is 2. The second-order valence-electron chi connectivity index (χ2n) is 5.78. The summed E-state index contributed by atoms with van der Waals surface area (Å²) >= 11 is 0. The minimum absolute atomic E-state index is 0.0329. The van der Waals surface area contributed by atoms with E-state index in [9.17, 15) is 9.59 Å². The van der Waals surface area contributed by atoms with Crippen molar-refractivity contribution >= 4 is 22.5 Å². The average Bonchev–Trinajstić information content (AvgIpc) is 2.72. The highest BCUT2D eigenvalue weighted by Gasteiger charge is 2.18. The molecule has 0 saturated carbocycles. The molecule has 0 saturated heterocycles. The molecule has 2 aromatic carbocycles. The summed E-state index contributed by atoms with van der Waals surface area (Å²) in [5, 5.41) is 3.05. The van der Waals surface area contributed by atoms with Gasteiger partial charge >= 0.3 is 0 Å². The van der Waals surface area contributed by atoms with Crippen molar-refractivity contribution in [3.63, 3.8) is 0 Å². The van der Waals surface area contributed by atoms with E-state index in [1.807, 2.05) is 0 Å². The van der Waals surface area contributed by atoms with Crippen molar-refractivity contribution in [2.24, 2.45) is 0 Å². The Morgan fingerprint density at radius 2 is 1.57 bits per heavy atom. The summed E-state index contributed by atoms with van der Waals surface area (Å²) in [6, 6.07) is 8.22. The molecule has 2 N–H and O–H groups in total. The number of pyridine rings is 1. The highest BCUT2D eigenvalue weighted by atomic mass is 16.5. The van der Waals surface area contributed by atoms with Crippen molar-refractivity contribution in [1.29, 1.82) is 0 Å². The Bertz CT molecular complexity index is 1060. The van der Waals surface area contributed by atoms with Gasteiger partial charge in [0.05, 0.1) is 39.3 Å². The Hall–Kier alpha value is -3.68. The smallest absolute Gasteiger partial charge is 0.261 e. The van der Waals surface area contributed by atoms with Gasteiger partial charge in [0.25, 0.3) is 5.91 Å². The lowest BCUT2D eigenvalue weighted by atomic mass is 10.1. The Morgan fingerprint density at radius 1 is 0.929 bits per heavy atom. The van der Waals surface area contributed by atoms with Crippen LogP contribution < -0.4 is 29.7 Å². The molecule has 0 aliphatic rings. The Labute approximate surface area is 161 Å². The number of hydrogen-bond acceptors (Lipinski definition) is 6. The monoisotopic (exact) mass is 384 g/mol. The minimum Gasteiger partial charge on any atom is -0.495 e. The predicted octanol–water partition coefficient (Wildman–Crippen LogP) is 2.81. The van der Waals surface area contributed by atoms with E-state index in [1.165, 1.54) is 34.6 Å². The van der Waals surface area contributed by atoms with Gasteiger partial charge in [0.15, 0.2) is 11.5 Å². The number of fused-ring (bicyclic) bond motifs is 1. The number of para-hydroxylation sites is 1. The fourth-order valence-electron chi connectivity index (χ4n) is 2.91. The van der Waals surface area contributed by atoms with Crippen LogP contribution in [0, 0.1) is 0 Å². The number of carbonyl (C=O) groups excluding carboxylic acids is 1. The third kappa shape index (κ3) is 3.32. The topological polar surface area (TPSA) is 98.9 Å². The lowest BCUT2D eigenvalue weighted by Gasteiger charge is -2.14. The average molecular weight is 384 g/mol. The molecule has 3 rings (SSSR count). The summed E-state index contributed by atoms with van der Waals surface area (Å²) in [7, 11) is 5.95. The van der Waals surface area contributed by atoms with Gasteiger partial charge in [0, 0.05) is 24.0 Å². The minimum atomic E-state index is -0.569. The van der Waals surface area contributed by atoms with Gasteiger partial charge in [-0.05, 0) is 12.1 Å². The largest absolute Gasteiger partial charge is 0.495 e. The van der Waals surface area contributed by atoms with E-state index in [1.54, 1.807) is 30.3 Å². The van der Waals surface area contributed by atoms with Crippen LogP contribution in [0.25, 0.3) is 10.9 Å². The molecule has 0 unspecified atom stereocenters. The molecule has 8 heteroatoms. The number of ether oxygens (including phenoxy) is 4. The van der Waals surface area contributed by atoms with Gasteiger partial charge in [-0.3, -0.25) is 9.59 Å². The molecule has 28 heavy (non-hydrogen) atoms. The van der Waals surface area contributed by atoms with Crippen LogP contribution >= 0.6 is 0 Å². The maximum Gasteiger partial charge on any atom is 0.261 e. The molecular weight excluding hydrogens is 364 g/mol. The molecule has 0 bridgehead atoms. The number of aromatic nitrogens is 1. The number of aromatic amines is 1. The van der Waals surface area contributed by atoms with Gasteiger partial charge in [-0.1, -0.05) is 6.07 Å². The molecule has 1 heterocycles. The first-order valence-electron chi connectivity index (χ1n) is 8.33. The first kappa shape index (κ1) is 19.1. The number of anilines is 1. The summed E-state index contributed by atoms with van der Waals surface area (Å²) in [4.78, 5) is 28.4. The lowest BCUT2D eigenvalue weighted by Crippen LogP contribution is -2.22. The number of rotatable bonds is 6. The molecular formula is C20H20N2O6. The Morgan fingerprint density at radius 3 is 2.14 bits per heavy atom. The molecule has 0 spiro atoms. The normalized spacial score (nSPS) is 10.4. The summed E-state index contributed by atoms with van der Waals surface area (Å²) in [5.41, 5.74) is 0.482. The highest BCUT2D eigenvalue weighted by molar-refractivity contribution is 6.06. The standard InChI is InChI=1S/C20H20N2O6/c1-25-14-7-5-6-12-17(14)21-10-13(18(12)23)20(24)22-11-8-15(26-2)19(28-4)16(9-11)27-3/h5-10H,1-4H3,(H,21,23)(H,22,24). The molecule has 0 fully saturated rings. The van der Waals surface area contributed by atoms with E-state index < -0.39 is 11.3 Å². The van der Waals surface area contributed by atoms with Crippen LogP contribution in [0.5, 0.6) is 23.0 Å². The predicted molar refractivity (Wildman–Crippen MR) is 105 cm³/mol. The van der Waals surface area contributed by atoms with Crippen molar-refractivity contribution in [2.45, 2.75) is 0 Å². The van der Waals surface area contributed by atoms with Crippen molar-refractivity contribution in [2.75, 3.05) is 33.8 Å². The number of hydrogen-bond donors (Lipinski definition) is 2. The van der Waals surface area contributed by atoms with E-state index >= 15 is 0 Å². The van der Waals surface area contributed by atoms with Gasteiger partial charge < -0.3 is 29.2 Å². The third-order valence-electron chi connectivity index (χ3n) is 4.26. The highest BCUT2D eigenvalue weighted by Crippen LogP contribution is 2.40. The molecule has 1 aromatic heterocycles.